The molecule has 2 aromatic rings. The molecule has 0 spiro atoms. The second-order valence-electron chi connectivity index (χ2n) is 8.00. The number of rotatable bonds is 8. The fourth-order valence-corrected chi connectivity index (χ4v) is 4.70. The third-order valence-corrected chi connectivity index (χ3v) is 6.82. The largest absolute Gasteiger partial charge is 0.482 e. The van der Waals surface area contributed by atoms with Crippen LogP contribution in [-0.2, 0) is 16.1 Å². The molecule has 8 heteroatoms. The summed E-state index contributed by atoms with van der Waals surface area (Å²) in [6.45, 7) is 1.70. The van der Waals surface area contributed by atoms with Gasteiger partial charge in [0.25, 0.3) is 5.91 Å². The number of hydrogen-bond acceptors (Lipinski definition) is 3. The van der Waals surface area contributed by atoms with E-state index in [9.17, 15) is 9.59 Å². The molecule has 0 aliphatic heterocycles. The Labute approximate surface area is 207 Å². The smallest absolute Gasteiger partial charge is 0.261 e. The summed E-state index contributed by atoms with van der Waals surface area (Å²) in [4.78, 5) is 27.7. The molecular weight excluding hydrogens is 515 g/mol. The molecule has 0 heterocycles. The molecule has 0 bridgehead atoms. The van der Waals surface area contributed by atoms with E-state index >= 15 is 0 Å². The van der Waals surface area contributed by atoms with Gasteiger partial charge in [-0.05, 0) is 49.6 Å². The second kappa shape index (κ2) is 11.9. The van der Waals surface area contributed by atoms with Crippen molar-refractivity contribution in [3.05, 3.63) is 62.5 Å². The first-order valence-corrected chi connectivity index (χ1v) is 12.3. The van der Waals surface area contributed by atoms with E-state index in [0.717, 1.165) is 35.7 Å². The van der Waals surface area contributed by atoms with Crippen molar-refractivity contribution in [3.63, 3.8) is 0 Å². The molecular formula is C24H27BrCl2N2O3. The Kier molecular flexibility index (Phi) is 9.26. The van der Waals surface area contributed by atoms with E-state index in [4.69, 9.17) is 27.9 Å². The minimum Gasteiger partial charge on any atom is -0.482 e. The van der Waals surface area contributed by atoms with Crippen LogP contribution >= 0.6 is 39.1 Å². The van der Waals surface area contributed by atoms with Crippen LogP contribution in [0.4, 0.5) is 0 Å². The molecule has 1 N–H and O–H groups in total. The molecule has 172 valence electrons. The summed E-state index contributed by atoms with van der Waals surface area (Å²) in [6.07, 6.45) is 5.38. The molecule has 2 aromatic carbocycles. The normalized spacial score (nSPS) is 15.1. The van der Waals surface area contributed by atoms with Gasteiger partial charge in [0.05, 0.1) is 5.02 Å². The summed E-state index contributed by atoms with van der Waals surface area (Å²) in [6, 6.07) is 12.0. The van der Waals surface area contributed by atoms with Gasteiger partial charge in [-0.2, -0.15) is 0 Å². The van der Waals surface area contributed by atoms with Crippen LogP contribution in [0, 0.1) is 0 Å². The van der Waals surface area contributed by atoms with Gasteiger partial charge < -0.3 is 15.0 Å². The first-order valence-electron chi connectivity index (χ1n) is 10.8. The Morgan fingerprint density at radius 3 is 2.53 bits per heavy atom. The molecule has 2 amide bonds. The summed E-state index contributed by atoms with van der Waals surface area (Å²) in [7, 11) is 0. The van der Waals surface area contributed by atoms with Crippen LogP contribution in [0.3, 0.4) is 0 Å². The minimum atomic E-state index is -0.676. The molecule has 1 aliphatic rings. The summed E-state index contributed by atoms with van der Waals surface area (Å²) in [5.74, 6) is -0.0885. The van der Waals surface area contributed by atoms with Crippen LogP contribution in [0.5, 0.6) is 5.75 Å². The fourth-order valence-electron chi connectivity index (χ4n) is 3.78. The lowest BCUT2D eigenvalue weighted by atomic mass is 9.95. The third kappa shape index (κ3) is 6.87. The van der Waals surface area contributed by atoms with Crippen molar-refractivity contribution < 1.29 is 14.3 Å². The van der Waals surface area contributed by atoms with E-state index in [1.54, 1.807) is 31.2 Å². The zero-order valence-corrected chi connectivity index (χ0v) is 21.0. The average molecular weight is 542 g/mol. The van der Waals surface area contributed by atoms with Gasteiger partial charge in [-0.1, -0.05) is 76.6 Å². The average Bonchev–Trinajstić information content (AvgIpc) is 2.78. The standard InChI is InChI=1S/C24H27BrCl2N2O3/c1-16(24(31)28-19-8-3-2-4-9-19)29(14-17-7-5-6-10-20(17)26)23(30)15-32-22-12-11-18(25)13-21(22)27/h5-7,10-13,16,19H,2-4,8-9,14-15H2,1H3,(H,28,31). The number of ether oxygens (including phenoxy) is 1. The van der Waals surface area contributed by atoms with Gasteiger partial charge in [0.1, 0.15) is 11.8 Å². The lowest BCUT2D eigenvalue weighted by molar-refractivity contribution is -0.142. The maximum Gasteiger partial charge on any atom is 0.261 e. The zero-order valence-electron chi connectivity index (χ0n) is 18.0. The van der Waals surface area contributed by atoms with Crippen LogP contribution in [0.15, 0.2) is 46.9 Å². The van der Waals surface area contributed by atoms with Gasteiger partial charge in [-0.25, -0.2) is 0 Å². The van der Waals surface area contributed by atoms with Crippen molar-refractivity contribution in [2.45, 2.75) is 57.7 Å². The maximum absolute atomic E-state index is 13.2. The number of nitrogens with one attached hydrogen (secondary N) is 1. The first-order chi connectivity index (χ1) is 15.3. The quantitative estimate of drug-likeness (QED) is 0.445. The predicted molar refractivity (Wildman–Crippen MR) is 131 cm³/mol. The van der Waals surface area contributed by atoms with Crippen molar-refractivity contribution >= 4 is 50.9 Å². The van der Waals surface area contributed by atoms with Crippen LogP contribution in [0.1, 0.15) is 44.6 Å². The van der Waals surface area contributed by atoms with E-state index in [-0.39, 0.29) is 31.0 Å². The van der Waals surface area contributed by atoms with E-state index in [0.29, 0.717) is 15.8 Å². The number of carbonyl (C=O) groups excluding carboxylic acids is 2. The van der Waals surface area contributed by atoms with Crippen molar-refractivity contribution in [1.82, 2.24) is 10.2 Å². The fraction of sp³-hybridized carbons (Fsp3) is 0.417. The van der Waals surface area contributed by atoms with Crippen LogP contribution in [0.25, 0.3) is 0 Å². The maximum atomic E-state index is 13.2. The van der Waals surface area contributed by atoms with Crippen LogP contribution < -0.4 is 10.1 Å². The molecule has 1 fully saturated rings. The SMILES string of the molecule is CC(C(=O)NC1CCCCC1)N(Cc1ccccc1Cl)C(=O)COc1ccc(Br)cc1Cl. The van der Waals surface area contributed by atoms with Crippen LogP contribution in [0.2, 0.25) is 10.0 Å². The summed E-state index contributed by atoms with van der Waals surface area (Å²) < 4.78 is 6.49. The van der Waals surface area contributed by atoms with E-state index in [1.807, 2.05) is 18.2 Å². The van der Waals surface area contributed by atoms with Crippen molar-refractivity contribution in [1.29, 1.82) is 0 Å². The monoisotopic (exact) mass is 540 g/mol. The number of amides is 2. The molecule has 0 aromatic heterocycles. The van der Waals surface area contributed by atoms with Gasteiger partial charge in [-0.3, -0.25) is 9.59 Å². The van der Waals surface area contributed by atoms with Crippen LogP contribution in [-0.4, -0.2) is 35.4 Å². The van der Waals surface area contributed by atoms with Gasteiger partial charge >= 0.3 is 0 Å². The van der Waals surface area contributed by atoms with Gasteiger partial charge in [0, 0.05) is 22.1 Å². The molecule has 0 radical (unpaired) electrons. The van der Waals surface area contributed by atoms with Gasteiger partial charge in [-0.15, -0.1) is 0 Å². The van der Waals surface area contributed by atoms with E-state index in [1.165, 1.54) is 11.3 Å². The summed E-state index contributed by atoms with van der Waals surface area (Å²) >= 11 is 15.9. The molecule has 1 unspecified atom stereocenters. The number of hydrogen-bond donors (Lipinski definition) is 1. The highest BCUT2D eigenvalue weighted by atomic mass is 79.9. The molecule has 32 heavy (non-hydrogen) atoms. The molecule has 3 rings (SSSR count). The highest BCUT2D eigenvalue weighted by molar-refractivity contribution is 9.10. The highest BCUT2D eigenvalue weighted by Crippen LogP contribution is 2.28. The Morgan fingerprint density at radius 2 is 1.84 bits per heavy atom. The Morgan fingerprint density at radius 1 is 1.12 bits per heavy atom. The topological polar surface area (TPSA) is 58.6 Å². The lowest BCUT2D eigenvalue weighted by Crippen LogP contribution is -2.51. The minimum absolute atomic E-state index is 0.161. The lowest BCUT2D eigenvalue weighted by Gasteiger charge is -2.31. The zero-order chi connectivity index (χ0) is 23.1. The summed E-state index contributed by atoms with van der Waals surface area (Å²) in [5, 5.41) is 4.05. The summed E-state index contributed by atoms with van der Waals surface area (Å²) in [5.41, 5.74) is 0.765. The molecule has 1 atom stereocenters. The van der Waals surface area contributed by atoms with E-state index < -0.39 is 6.04 Å². The number of carbonyl (C=O) groups is 2. The number of benzene rings is 2. The Balaban J connectivity index is 1.73. The Bertz CT molecular complexity index is 951. The number of halogens is 3. The second-order valence-corrected chi connectivity index (χ2v) is 9.73. The van der Waals surface area contributed by atoms with Crippen molar-refractivity contribution in [2.24, 2.45) is 0 Å². The molecule has 1 aliphatic carbocycles. The number of nitrogens with zero attached hydrogens (tertiary/aromatic N) is 1. The third-order valence-electron chi connectivity index (χ3n) is 5.66. The van der Waals surface area contributed by atoms with Crippen molar-refractivity contribution in [2.75, 3.05) is 6.61 Å². The van der Waals surface area contributed by atoms with Gasteiger partial charge in [0.2, 0.25) is 5.91 Å². The first kappa shape index (κ1) is 24.9. The van der Waals surface area contributed by atoms with Crippen molar-refractivity contribution in [3.8, 4) is 5.75 Å². The van der Waals surface area contributed by atoms with E-state index in [2.05, 4.69) is 21.2 Å². The van der Waals surface area contributed by atoms with Gasteiger partial charge in [0.15, 0.2) is 6.61 Å². The molecule has 1 saturated carbocycles. The molecule has 0 saturated heterocycles. The Hall–Kier alpha value is -1.76. The predicted octanol–water partition coefficient (Wildman–Crippen LogP) is 6.00. The highest BCUT2D eigenvalue weighted by Gasteiger charge is 2.29. The molecule has 5 nitrogen and oxygen atoms in total.